The van der Waals surface area contributed by atoms with Crippen LogP contribution in [-0.4, -0.2) is 62.3 Å². The standard InChI is InChI=1S/C35H52O7/c1-24(2)14-13-15-25(3)22-27(5)32-33(38-23-37-8)31-21-20-28(39-31)17-10-12-19-30-29(41-35(6,7)42-30)18-11-9-16-26(4)34(36)40-32/h9,11-13,15-16,18-19,26-33H,1,3,10,14,17,20-23H2,2,4-8H3/b15-13+,16-9+,18-11+,19-12+/t26-,27-,28+,29-,30-,31+,32-,33-/m1/s1. The number of carbonyl (C=O) groups excluding carboxylic acids is 1. The first-order chi connectivity index (χ1) is 20.0. The highest BCUT2D eigenvalue weighted by molar-refractivity contribution is 5.74. The zero-order valence-corrected chi connectivity index (χ0v) is 26.5. The molecule has 2 fully saturated rings. The van der Waals surface area contributed by atoms with E-state index in [0.29, 0.717) is 6.42 Å². The number of esters is 1. The first-order valence-corrected chi connectivity index (χ1v) is 15.3. The summed E-state index contributed by atoms with van der Waals surface area (Å²) in [7, 11) is 1.59. The normalized spacial score (nSPS) is 35.0. The van der Waals surface area contributed by atoms with Gasteiger partial charge in [-0.1, -0.05) is 79.8 Å². The molecule has 0 aromatic heterocycles. The lowest BCUT2D eigenvalue weighted by molar-refractivity contribution is -0.193. The van der Waals surface area contributed by atoms with Gasteiger partial charge >= 0.3 is 5.97 Å². The molecule has 7 heteroatoms. The molecule has 0 amide bonds. The van der Waals surface area contributed by atoms with Crippen LogP contribution in [0.3, 0.4) is 0 Å². The van der Waals surface area contributed by atoms with E-state index in [-0.39, 0.29) is 43.1 Å². The molecule has 0 aromatic carbocycles. The van der Waals surface area contributed by atoms with E-state index < -0.39 is 23.9 Å². The molecule has 2 bridgehead atoms. The molecule has 0 unspecified atom stereocenters. The molecule has 42 heavy (non-hydrogen) atoms. The molecule has 0 radical (unpaired) electrons. The van der Waals surface area contributed by atoms with Gasteiger partial charge in [0, 0.05) is 7.11 Å². The number of ether oxygens (including phenoxy) is 6. The second kappa shape index (κ2) is 16.5. The van der Waals surface area contributed by atoms with Crippen LogP contribution >= 0.6 is 0 Å². The van der Waals surface area contributed by atoms with E-state index in [1.54, 1.807) is 7.11 Å². The number of fused-ring (bicyclic) bond motifs is 3. The maximum Gasteiger partial charge on any atom is 0.312 e. The number of rotatable bonds is 9. The first-order valence-electron chi connectivity index (χ1n) is 15.3. The minimum Gasteiger partial charge on any atom is -0.459 e. The van der Waals surface area contributed by atoms with Gasteiger partial charge in [-0.2, -0.15) is 0 Å². The van der Waals surface area contributed by atoms with E-state index in [9.17, 15) is 4.79 Å². The van der Waals surface area contributed by atoms with Crippen LogP contribution in [0.4, 0.5) is 0 Å². The molecule has 3 rings (SSSR count). The van der Waals surface area contributed by atoms with Crippen molar-refractivity contribution in [3.05, 3.63) is 72.9 Å². The first kappa shape index (κ1) is 34.2. The van der Waals surface area contributed by atoms with Crippen molar-refractivity contribution >= 4 is 5.97 Å². The topological polar surface area (TPSA) is 72.5 Å². The summed E-state index contributed by atoms with van der Waals surface area (Å²) >= 11 is 0. The number of hydrogen-bond donors (Lipinski definition) is 0. The SMILES string of the molecule is C=C(C)C/C=C/C(=C)C[C@@H](C)[C@H]1OC(=O)[C@H](C)/C=C/C=C/[C@H]2OC(C)(C)O[C@@H]2/C=C/CC[C@H]2CC[C@H](O2)[C@H]1OCOC. The van der Waals surface area contributed by atoms with Crippen molar-refractivity contribution in [3.8, 4) is 0 Å². The van der Waals surface area contributed by atoms with E-state index in [4.69, 9.17) is 28.4 Å². The van der Waals surface area contributed by atoms with E-state index in [1.165, 1.54) is 0 Å². The Labute approximate surface area is 253 Å². The van der Waals surface area contributed by atoms with Crippen molar-refractivity contribution in [2.75, 3.05) is 13.9 Å². The van der Waals surface area contributed by atoms with Crippen molar-refractivity contribution < 1.29 is 33.2 Å². The van der Waals surface area contributed by atoms with Crippen molar-refractivity contribution in [2.24, 2.45) is 11.8 Å². The third kappa shape index (κ3) is 10.8. The fraction of sp³-hybridized carbons (Fsp3) is 0.629. The van der Waals surface area contributed by atoms with Crippen molar-refractivity contribution in [1.29, 1.82) is 0 Å². The zero-order chi connectivity index (χ0) is 30.7. The molecule has 0 N–H and O–H groups in total. The molecular weight excluding hydrogens is 532 g/mol. The maximum atomic E-state index is 13.4. The van der Waals surface area contributed by atoms with E-state index in [1.807, 2.05) is 58.1 Å². The van der Waals surface area contributed by atoms with Crippen LogP contribution in [0.2, 0.25) is 0 Å². The van der Waals surface area contributed by atoms with Gasteiger partial charge in [0.05, 0.1) is 18.1 Å². The second-order valence-corrected chi connectivity index (χ2v) is 12.3. The summed E-state index contributed by atoms with van der Waals surface area (Å²) in [5.74, 6) is -1.51. The Bertz CT molecular complexity index is 1020. The predicted molar refractivity (Wildman–Crippen MR) is 166 cm³/mol. The van der Waals surface area contributed by atoms with Gasteiger partial charge in [-0.25, -0.2) is 0 Å². The minimum absolute atomic E-state index is 0.0650. The monoisotopic (exact) mass is 584 g/mol. The van der Waals surface area contributed by atoms with Gasteiger partial charge in [0.25, 0.3) is 0 Å². The highest BCUT2D eigenvalue weighted by atomic mass is 16.7. The minimum atomic E-state index is -0.667. The van der Waals surface area contributed by atoms with Crippen LogP contribution in [0.15, 0.2) is 72.9 Å². The number of carbonyl (C=O) groups is 1. The van der Waals surface area contributed by atoms with Crippen LogP contribution in [-0.2, 0) is 33.2 Å². The molecule has 0 spiro atoms. The quantitative estimate of drug-likeness (QED) is 0.123. The summed E-state index contributed by atoms with van der Waals surface area (Å²) in [6.07, 6.45) is 19.3. The van der Waals surface area contributed by atoms with Crippen LogP contribution < -0.4 is 0 Å². The van der Waals surface area contributed by atoms with Gasteiger partial charge in [-0.15, -0.1) is 0 Å². The maximum absolute atomic E-state index is 13.4. The fourth-order valence-corrected chi connectivity index (χ4v) is 5.63. The lowest BCUT2D eigenvalue weighted by Gasteiger charge is -2.35. The predicted octanol–water partition coefficient (Wildman–Crippen LogP) is 7.16. The van der Waals surface area contributed by atoms with Gasteiger partial charge in [-0.05, 0) is 72.1 Å². The molecule has 0 aliphatic carbocycles. The van der Waals surface area contributed by atoms with Crippen LogP contribution in [0, 0.1) is 11.8 Å². The molecule has 234 valence electrons. The van der Waals surface area contributed by atoms with Gasteiger partial charge in [0.15, 0.2) is 5.79 Å². The molecule has 3 aliphatic rings. The van der Waals surface area contributed by atoms with Crippen molar-refractivity contribution in [3.63, 3.8) is 0 Å². The molecule has 0 saturated carbocycles. The second-order valence-electron chi connectivity index (χ2n) is 12.3. The van der Waals surface area contributed by atoms with Gasteiger partial charge in [0.2, 0.25) is 0 Å². The summed E-state index contributed by atoms with van der Waals surface area (Å²) in [6, 6.07) is 0. The summed E-state index contributed by atoms with van der Waals surface area (Å²) in [5.41, 5.74) is 2.05. The summed E-state index contributed by atoms with van der Waals surface area (Å²) in [6.45, 7) is 18.0. The van der Waals surface area contributed by atoms with Gasteiger partial charge in [-0.3, -0.25) is 4.79 Å². The smallest absolute Gasteiger partial charge is 0.312 e. The molecule has 2 saturated heterocycles. The molecule has 3 aliphatic heterocycles. The Balaban J connectivity index is 1.86. The average molecular weight is 585 g/mol. The van der Waals surface area contributed by atoms with Crippen LogP contribution in [0.25, 0.3) is 0 Å². The molecule has 3 heterocycles. The number of cyclic esters (lactones) is 1. The Hall–Kier alpha value is -2.29. The Morgan fingerprint density at radius 3 is 2.55 bits per heavy atom. The molecule has 0 aromatic rings. The average Bonchev–Trinajstić information content (AvgIpc) is 3.50. The molecular formula is C35H52O7. The Kier molecular flexibility index (Phi) is 13.5. The lowest BCUT2D eigenvalue weighted by atomic mass is 9.89. The highest BCUT2D eigenvalue weighted by Gasteiger charge is 2.42. The number of allylic oxidation sites excluding steroid dienone is 7. The molecule has 8 atom stereocenters. The van der Waals surface area contributed by atoms with Gasteiger partial charge < -0.3 is 28.4 Å². The van der Waals surface area contributed by atoms with E-state index >= 15 is 0 Å². The Morgan fingerprint density at radius 2 is 1.83 bits per heavy atom. The lowest BCUT2D eigenvalue weighted by Crippen LogP contribution is -2.46. The third-order valence-electron chi connectivity index (χ3n) is 7.75. The third-order valence-corrected chi connectivity index (χ3v) is 7.75. The fourth-order valence-electron chi connectivity index (χ4n) is 5.63. The Morgan fingerprint density at radius 1 is 1.12 bits per heavy atom. The van der Waals surface area contributed by atoms with Crippen LogP contribution in [0.1, 0.15) is 73.1 Å². The van der Waals surface area contributed by atoms with E-state index in [2.05, 4.69) is 38.3 Å². The summed E-state index contributed by atoms with van der Waals surface area (Å²) in [5, 5.41) is 0. The molecule has 7 nitrogen and oxygen atoms in total. The number of methoxy groups -OCH3 is 1. The largest absolute Gasteiger partial charge is 0.459 e. The summed E-state index contributed by atoms with van der Waals surface area (Å²) < 4.78 is 36.5. The number of hydrogen-bond acceptors (Lipinski definition) is 7. The highest BCUT2D eigenvalue weighted by Crippen LogP contribution is 2.34. The van der Waals surface area contributed by atoms with Crippen LogP contribution in [0.5, 0.6) is 0 Å². The van der Waals surface area contributed by atoms with Crippen molar-refractivity contribution in [1.82, 2.24) is 0 Å². The van der Waals surface area contributed by atoms with E-state index in [0.717, 1.165) is 43.3 Å². The van der Waals surface area contributed by atoms with Gasteiger partial charge in [0.1, 0.15) is 31.2 Å². The van der Waals surface area contributed by atoms with Crippen molar-refractivity contribution in [2.45, 2.75) is 116 Å². The summed E-state index contributed by atoms with van der Waals surface area (Å²) in [4.78, 5) is 13.4. The zero-order valence-electron chi connectivity index (χ0n) is 26.5.